The molecule has 0 aliphatic rings. The summed E-state index contributed by atoms with van der Waals surface area (Å²) in [5.41, 5.74) is 1.81. The standard InChI is InChI=1S/C20H27ClN4O2S.HI/c1-3-5-19(27)25-15-8-6-14(7-9-15)12-23-20(22-4-2)24-13-16(26)17-10-11-18(21)28-17;/h6-11,16,26H,3-5,12-13H2,1-2H3,(H,25,27)(H2,22,23,24);1H. The zero-order chi connectivity index (χ0) is 20.4. The number of aliphatic hydroxyl groups excluding tert-OH is 1. The van der Waals surface area contributed by atoms with Gasteiger partial charge < -0.3 is 21.1 Å². The summed E-state index contributed by atoms with van der Waals surface area (Å²) in [6.45, 7) is 5.51. The summed E-state index contributed by atoms with van der Waals surface area (Å²) in [6, 6.07) is 11.2. The Bertz CT molecular complexity index is 783. The quantitative estimate of drug-likeness (QED) is 0.210. The lowest BCUT2D eigenvalue weighted by Gasteiger charge is -2.14. The molecule has 4 N–H and O–H groups in total. The number of aliphatic hydroxyl groups is 1. The molecule has 0 aliphatic heterocycles. The van der Waals surface area contributed by atoms with Gasteiger partial charge in [0.2, 0.25) is 5.91 Å². The van der Waals surface area contributed by atoms with Crippen LogP contribution in [-0.4, -0.2) is 30.1 Å². The summed E-state index contributed by atoms with van der Waals surface area (Å²) in [5, 5.41) is 19.4. The molecule has 2 rings (SSSR count). The van der Waals surface area contributed by atoms with Crippen molar-refractivity contribution in [1.82, 2.24) is 10.6 Å². The smallest absolute Gasteiger partial charge is 0.224 e. The Labute approximate surface area is 198 Å². The van der Waals surface area contributed by atoms with Crippen LogP contribution < -0.4 is 16.0 Å². The highest BCUT2D eigenvalue weighted by Gasteiger charge is 2.11. The molecule has 0 aliphatic carbocycles. The highest BCUT2D eigenvalue weighted by Crippen LogP contribution is 2.26. The van der Waals surface area contributed by atoms with E-state index in [1.54, 1.807) is 6.07 Å². The molecule has 1 unspecified atom stereocenters. The van der Waals surface area contributed by atoms with Gasteiger partial charge in [0, 0.05) is 30.1 Å². The average Bonchev–Trinajstić information content (AvgIpc) is 3.11. The zero-order valence-electron chi connectivity index (χ0n) is 16.6. The first-order valence-corrected chi connectivity index (χ1v) is 10.6. The van der Waals surface area contributed by atoms with Gasteiger partial charge in [-0.15, -0.1) is 35.3 Å². The molecular formula is C20H28ClIN4O2S. The fourth-order valence-electron chi connectivity index (χ4n) is 2.46. The summed E-state index contributed by atoms with van der Waals surface area (Å²) in [6.07, 6.45) is 0.702. The third-order valence-corrected chi connectivity index (χ3v) is 5.20. The molecule has 1 amide bonds. The van der Waals surface area contributed by atoms with Crippen LogP contribution in [0.5, 0.6) is 0 Å². The van der Waals surface area contributed by atoms with Crippen molar-refractivity contribution in [2.24, 2.45) is 4.99 Å². The van der Waals surface area contributed by atoms with E-state index in [-0.39, 0.29) is 29.9 Å². The van der Waals surface area contributed by atoms with Crippen molar-refractivity contribution in [2.75, 3.05) is 18.4 Å². The van der Waals surface area contributed by atoms with Gasteiger partial charge in [0.1, 0.15) is 6.10 Å². The summed E-state index contributed by atoms with van der Waals surface area (Å²) >= 11 is 7.28. The molecule has 2 aromatic rings. The number of carbonyl (C=O) groups is 1. The van der Waals surface area contributed by atoms with Gasteiger partial charge in [0.05, 0.1) is 10.9 Å². The third kappa shape index (κ3) is 9.33. The van der Waals surface area contributed by atoms with Crippen LogP contribution in [0, 0.1) is 0 Å². The Hall–Kier alpha value is -1.36. The number of thiophene rings is 1. The van der Waals surface area contributed by atoms with Crippen molar-refractivity contribution in [1.29, 1.82) is 0 Å². The molecule has 6 nitrogen and oxygen atoms in total. The van der Waals surface area contributed by atoms with Crippen LogP contribution in [0.2, 0.25) is 4.34 Å². The number of halogens is 2. The van der Waals surface area contributed by atoms with E-state index in [0.29, 0.717) is 29.8 Å². The van der Waals surface area contributed by atoms with E-state index in [1.165, 1.54) is 11.3 Å². The van der Waals surface area contributed by atoms with E-state index in [2.05, 4.69) is 20.9 Å². The van der Waals surface area contributed by atoms with Crippen molar-refractivity contribution >= 4 is 64.5 Å². The Morgan fingerprint density at radius 2 is 1.90 bits per heavy atom. The SMILES string of the molecule is CCCC(=O)Nc1ccc(CN=C(NCC)NCC(O)c2ccc(Cl)s2)cc1.I. The molecule has 160 valence electrons. The predicted molar refractivity (Wildman–Crippen MR) is 133 cm³/mol. The number of rotatable bonds is 9. The van der Waals surface area contributed by atoms with Crippen molar-refractivity contribution < 1.29 is 9.90 Å². The molecule has 1 aromatic carbocycles. The van der Waals surface area contributed by atoms with E-state index in [9.17, 15) is 9.90 Å². The maximum absolute atomic E-state index is 11.6. The number of nitrogens with zero attached hydrogens (tertiary/aromatic N) is 1. The fraction of sp³-hybridized carbons (Fsp3) is 0.400. The normalized spacial score (nSPS) is 12.1. The van der Waals surface area contributed by atoms with Gasteiger partial charge in [-0.25, -0.2) is 4.99 Å². The number of hydrogen-bond donors (Lipinski definition) is 4. The molecule has 1 aromatic heterocycles. The summed E-state index contributed by atoms with van der Waals surface area (Å²) in [5.74, 6) is 0.655. The van der Waals surface area contributed by atoms with Gasteiger partial charge in [-0.1, -0.05) is 30.7 Å². The van der Waals surface area contributed by atoms with Gasteiger partial charge in [0.15, 0.2) is 5.96 Å². The van der Waals surface area contributed by atoms with E-state index >= 15 is 0 Å². The second kappa shape index (κ2) is 13.8. The maximum Gasteiger partial charge on any atom is 0.224 e. The number of carbonyl (C=O) groups excluding carboxylic acids is 1. The zero-order valence-corrected chi connectivity index (χ0v) is 20.5. The highest BCUT2D eigenvalue weighted by molar-refractivity contribution is 14.0. The minimum atomic E-state index is -0.646. The van der Waals surface area contributed by atoms with Crippen LogP contribution in [0.25, 0.3) is 0 Å². The number of nitrogens with one attached hydrogen (secondary N) is 3. The molecule has 0 saturated heterocycles. The number of benzene rings is 1. The molecule has 1 atom stereocenters. The summed E-state index contributed by atoms with van der Waals surface area (Å²) in [7, 11) is 0. The van der Waals surface area contributed by atoms with Crippen molar-refractivity contribution in [3.63, 3.8) is 0 Å². The number of anilines is 1. The highest BCUT2D eigenvalue weighted by atomic mass is 127. The van der Waals surface area contributed by atoms with Gasteiger partial charge in [-0.3, -0.25) is 4.79 Å². The first-order chi connectivity index (χ1) is 13.5. The lowest BCUT2D eigenvalue weighted by molar-refractivity contribution is -0.116. The topological polar surface area (TPSA) is 85.8 Å². The Kier molecular flexibility index (Phi) is 12.2. The monoisotopic (exact) mass is 550 g/mol. The van der Waals surface area contributed by atoms with Crippen LogP contribution >= 0.6 is 46.9 Å². The van der Waals surface area contributed by atoms with Crippen LogP contribution in [0.1, 0.15) is 43.2 Å². The van der Waals surface area contributed by atoms with E-state index in [1.807, 2.05) is 44.2 Å². The molecule has 1 heterocycles. The van der Waals surface area contributed by atoms with Crippen LogP contribution in [-0.2, 0) is 11.3 Å². The molecule has 0 radical (unpaired) electrons. The Balaban J connectivity index is 0.00000420. The largest absolute Gasteiger partial charge is 0.386 e. The van der Waals surface area contributed by atoms with Gasteiger partial charge in [-0.2, -0.15) is 0 Å². The van der Waals surface area contributed by atoms with Gasteiger partial charge in [-0.05, 0) is 43.2 Å². The number of guanidine groups is 1. The third-order valence-electron chi connectivity index (χ3n) is 3.86. The van der Waals surface area contributed by atoms with E-state index < -0.39 is 6.10 Å². The number of aliphatic imine (C=N–C) groups is 1. The summed E-state index contributed by atoms with van der Waals surface area (Å²) in [4.78, 5) is 17.0. The Morgan fingerprint density at radius 1 is 1.17 bits per heavy atom. The molecule has 9 heteroatoms. The molecule has 29 heavy (non-hydrogen) atoms. The average molecular weight is 551 g/mol. The maximum atomic E-state index is 11.6. The predicted octanol–water partition coefficient (Wildman–Crippen LogP) is 4.55. The number of amides is 1. The minimum Gasteiger partial charge on any atom is -0.386 e. The van der Waals surface area contributed by atoms with Gasteiger partial charge in [0.25, 0.3) is 0 Å². The van der Waals surface area contributed by atoms with Crippen LogP contribution in [0.4, 0.5) is 5.69 Å². The molecule has 0 spiro atoms. The van der Waals surface area contributed by atoms with Crippen molar-refractivity contribution in [3.8, 4) is 0 Å². The second-order valence-electron chi connectivity index (χ2n) is 6.23. The number of hydrogen-bond acceptors (Lipinski definition) is 4. The first kappa shape index (κ1) is 25.7. The summed E-state index contributed by atoms with van der Waals surface area (Å²) < 4.78 is 0.656. The first-order valence-electron chi connectivity index (χ1n) is 9.36. The minimum absolute atomic E-state index is 0. The Morgan fingerprint density at radius 3 is 2.48 bits per heavy atom. The van der Waals surface area contributed by atoms with Crippen molar-refractivity contribution in [3.05, 3.63) is 51.2 Å². The lowest BCUT2D eigenvalue weighted by atomic mass is 10.2. The molecular weight excluding hydrogens is 523 g/mol. The molecule has 0 saturated carbocycles. The van der Waals surface area contributed by atoms with Gasteiger partial charge >= 0.3 is 0 Å². The molecule has 0 fully saturated rings. The molecule has 0 bridgehead atoms. The van der Waals surface area contributed by atoms with E-state index in [0.717, 1.165) is 29.1 Å². The van der Waals surface area contributed by atoms with Crippen LogP contribution in [0.3, 0.4) is 0 Å². The lowest BCUT2D eigenvalue weighted by Crippen LogP contribution is -2.39. The fourth-order valence-corrected chi connectivity index (χ4v) is 3.50. The van der Waals surface area contributed by atoms with Crippen molar-refractivity contribution in [2.45, 2.75) is 39.3 Å². The van der Waals surface area contributed by atoms with Crippen LogP contribution in [0.15, 0.2) is 41.4 Å². The van der Waals surface area contributed by atoms with E-state index in [4.69, 9.17) is 11.6 Å². The second-order valence-corrected chi connectivity index (χ2v) is 7.98.